The standard InChI is InChI=1S/C10H11Br2N3O2/c1-4(9(14)16)15-10(17)6-2-5(11)3-7(12)8(6)13/h2-4H,13H2,1H3,(H2,14,16)(H,15,17). The van der Waals surface area contributed by atoms with E-state index in [0.717, 1.165) is 0 Å². The number of benzene rings is 1. The van der Waals surface area contributed by atoms with Crippen LogP contribution in [0.1, 0.15) is 17.3 Å². The Hall–Kier alpha value is -1.08. The van der Waals surface area contributed by atoms with Crippen LogP contribution in [0.4, 0.5) is 5.69 Å². The first-order valence-corrected chi connectivity index (χ1v) is 6.26. The van der Waals surface area contributed by atoms with Crippen LogP contribution in [0.5, 0.6) is 0 Å². The molecule has 1 aromatic carbocycles. The van der Waals surface area contributed by atoms with Crippen LogP contribution in [0, 0.1) is 0 Å². The molecule has 1 atom stereocenters. The van der Waals surface area contributed by atoms with E-state index < -0.39 is 17.9 Å². The number of nitrogens with two attached hydrogens (primary N) is 2. The Morgan fingerprint density at radius 3 is 2.47 bits per heavy atom. The quantitative estimate of drug-likeness (QED) is 0.707. The van der Waals surface area contributed by atoms with Crippen molar-refractivity contribution in [3.05, 3.63) is 26.6 Å². The first-order valence-electron chi connectivity index (χ1n) is 4.67. The summed E-state index contributed by atoms with van der Waals surface area (Å²) in [6, 6.07) is 2.55. The van der Waals surface area contributed by atoms with Crippen molar-refractivity contribution in [3.8, 4) is 0 Å². The van der Waals surface area contributed by atoms with E-state index in [0.29, 0.717) is 14.6 Å². The van der Waals surface area contributed by atoms with Crippen LogP contribution in [0.2, 0.25) is 0 Å². The zero-order chi connectivity index (χ0) is 13.2. The average molecular weight is 365 g/mol. The van der Waals surface area contributed by atoms with E-state index in [2.05, 4.69) is 37.2 Å². The number of nitrogen functional groups attached to an aromatic ring is 1. The van der Waals surface area contributed by atoms with Gasteiger partial charge in [0.05, 0.1) is 11.3 Å². The van der Waals surface area contributed by atoms with Crippen LogP contribution < -0.4 is 16.8 Å². The van der Waals surface area contributed by atoms with E-state index in [9.17, 15) is 9.59 Å². The van der Waals surface area contributed by atoms with E-state index in [1.807, 2.05) is 0 Å². The number of rotatable bonds is 3. The van der Waals surface area contributed by atoms with Crippen molar-refractivity contribution in [2.24, 2.45) is 5.73 Å². The fourth-order valence-electron chi connectivity index (χ4n) is 1.12. The summed E-state index contributed by atoms with van der Waals surface area (Å²) in [6.07, 6.45) is 0. The molecule has 2 amide bonds. The number of primary amides is 1. The molecule has 0 spiro atoms. The van der Waals surface area contributed by atoms with Gasteiger partial charge in [-0.2, -0.15) is 0 Å². The van der Waals surface area contributed by atoms with Gasteiger partial charge in [-0.05, 0) is 35.0 Å². The summed E-state index contributed by atoms with van der Waals surface area (Å²) in [5.41, 5.74) is 11.4. The molecule has 0 fully saturated rings. The molecule has 17 heavy (non-hydrogen) atoms. The summed E-state index contributed by atoms with van der Waals surface area (Å²) in [6.45, 7) is 1.50. The van der Waals surface area contributed by atoms with Gasteiger partial charge in [-0.1, -0.05) is 15.9 Å². The molecule has 0 aromatic heterocycles. The van der Waals surface area contributed by atoms with Gasteiger partial charge in [0, 0.05) is 8.95 Å². The Morgan fingerprint density at radius 2 is 1.94 bits per heavy atom. The molecule has 0 radical (unpaired) electrons. The lowest BCUT2D eigenvalue weighted by molar-refractivity contribution is -0.119. The zero-order valence-electron chi connectivity index (χ0n) is 8.96. The summed E-state index contributed by atoms with van der Waals surface area (Å²) in [4.78, 5) is 22.7. The number of anilines is 1. The maximum absolute atomic E-state index is 11.8. The van der Waals surface area contributed by atoms with Crippen molar-refractivity contribution in [2.75, 3.05) is 5.73 Å². The second kappa shape index (κ2) is 5.50. The van der Waals surface area contributed by atoms with Crippen molar-refractivity contribution >= 4 is 49.4 Å². The largest absolute Gasteiger partial charge is 0.397 e. The van der Waals surface area contributed by atoms with Crippen molar-refractivity contribution < 1.29 is 9.59 Å². The Morgan fingerprint density at radius 1 is 1.35 bits per heavy atom. The molecule has 0 aliphatic heterocycles. The van der Waals surface area contributed by atoms with Gasteiger partial charge in [0.15, 0.2) is 0 Å². The highest BCUT2D eigenvalue weighted by Crippen LogP contribution is 2.28. The van der Waals surface area contributed by atoms with Crippen LogP contribution >= 0.6 is 31.9 Å². The molecule has 1 aromatic rings. The molecule has 0 saturated heterocycles. The molecular formula is C10H11Br2N3O2. The fourth-order valence-corrected chi connectivity index (χ4v) is 2.34. The summed E-state index contributed by atoms with van der Waals surface area (Å²) >= 11 is 6.49. The third-order valence-electron chi connectivity index (χ3n) is 2.11. The average Bonchev–Trinajstić information content (AvgIpc) is 2.22. The highest BCUT2D eigenvalue weighted by molar-refractivity contribution is 9.11. The number of carbonyl (C=O) groups is 2. The van der Waals surface area contributed by atoms with Gasteiger partial charge in [-0.3, -0.25) is 9.59 Å². The number of hydrogen-bond donors (Lipinski definition) is 3. The first-order chi connectivity index (χ1) is 7.82. The minimum atomic E-state index is -0.750. The second-order valence-corrected chi connectivity index (χ2v) is 5.22. The zero-order valence-corrected chi connectivity index (χ0v) is 12.1. The lowest BCUT2D eigenvalue weighted by Gasteiger charge is -2.12. The third-order valence-corrected chi connectivity index (χ3v) is 3.23. The first kappa shape index (κ1) is 14.0. The Labute approximate surface area is 115 Å². The summed E-state index contributed by atoms with van der Waals surface area (Å²) in [7, 11) is 0. The number of hydrogen-bond acceptors (Lipinski definition) is 3. The number of amides is 2. The SMILES string of the molecule is CC(NC(=O)c1cc(Br)cc(Br)c1N)C(N)=O. The second-order valence-electron chi connectivity index (χ2n) is 3.45. The van der Waals surface area contributed by atoms with E-state index in [4.69, 9.17) is 11.5 Å². The molecule has 5 nitrogen and oxygen atoms in total. The molecule has 92 valence electrons. The van der Waals surface area contributed by atoms with Gasteiger partial charge in [0.1, 0.15) is 6.04 Å². The van der Waals surface area contributed by atoms with Crippen molar-refractivity contribution in [2.45, 2.75) is 13.0 Å². The van der Waals surface area contributed by atoms with Crippen molar-refractivity contribution in [3.63, 3.8) is 0 Å². The molecule has 0 heterocycles. The maximum Gasteiger partial charge on any atom is 0.254 e. The highest BCUT2D eigenvalue weighted by Gasteiger charge is 2.17. The molecule has 1 unspecified atom stereocenters. The van der Waals surface area contributed by atoms with Crippen LogP contribution in [0.15, 0.2) is 21.1 Å². The lowest BCUT2D eigenvalue weighted by atomic mass is 10.1. The molecule has 5 N–H and O–H groups in total. The van der Waals surface area contributed by atoms with Crippen LogP contribution in [0.3, 0.4) is 0 Å². The topological polar surface area (TPSA) is 98.2 Å². The minimum absolute atomic E-state index is 0.277. The summed E-state index contributed by atoms with van der Waals surface area (Å²) in [5.74, 6) is -1.05. The van der Waals surface area contributed by atoms with Gasteiger partial charge < -0.3 is 16.8 Å². The van der Waals surface area contributed by atoms with Gasteiger partial charge in [0.25, 0.3) is 5.91 Å². The van der Waals surface area contributed by atoms with Gasteiger partial charge in [-0.15, -0.1) is 0 Å². The fraction of sp³-hybridized carbons (Fsp3) is 0.200. The predicted molar refractivity (Wildman–Crippen MR) is 72.4 cm³/mol. The van der Waals surface area contributed by atoms with E-state index in [1.165, 1.54) is 6.92 Å². The summed E-state index contributed by atoms with van der Waals surface area (Å²) in [5, 5.41) is 2.46. The van der Waals surface area contributed by atoms with E-state index in [1.54, 1.807) is 12.1 Å². The Bertz CT molecular complexity index is 477. The smallest absolute Gasteiger partial charge is 0.254 e. The molecule has 1 rings (SSSR count). The number of halogens is 2. The Kier molecular flexibility index (Phi) is 4.53. The molecule has 0 saturated carbocycles. The van der Waals surface area contributed by atoms with Crippen molar-refractivity contribution in [1.29, 1.82) is 0 Å². The van der Waals surface area contributed by atoms with Gasteiger partial charge in [0.2, 0.25) is 5.91 Å². The Balaban J connectivity index is 3.01. The van der Waals surface area contributed by atoms with Crippen molar-refractivity contribution in [1.82, 2.24) is 5.32 Å². The molecule has 7 heteroatoms. The van der Waals surface area contributed by atoms with E-state index in [-0.39, 0.29) is 5.56 Å². The number of carbonyl (C=O) groups excluding carboxylic acids is 2. The summed E-state index contributed by atoms with van der Waals surface area (Å²) < 4.78 is 1.30. The molecular weight excluding hydrogens is 354 g/mol. The third kappa shape index (κ3) is 3.44. The van der Waals surface area contributed by atoms with Crippen LogP contribution in [0.25, 0.3) is 0 Å². The monoisotopic (exact) mass is 363 g/mol. The van der Waals surface area contributed by atoms with Gasteiger partial charge in [-0.25, -0.2) is 0 Å². The highest BCUT2D eigenvalue weighted by atomic mass is 79.9. The minimum Gasteiger partial charge on any atom is -0.397 e. The predicted octanol–water partition coefficient (Wildman–Crippen LogP) is 1.40. The molecule has 0 bridgehead atoms. The van der Waals surface area contributed by atoms with Crippen LogP contribution in [-0.2, 0) is 4.79 Å². The maximum atomic E-state index is 11.8. The van der Waals surface area contributed by atoms with Gasteiger partial charge >= 0.3 is 0 Å². The lowest BCUT2D eigenvalue weighted by Crippen LogP contribution is -2.42. The number of nitrogens with one attached hydrogen (secondary N) is 1. The normalized spacial score (nSPS) is 11.9. The molecule has 0 aliphatic rings. The molecule has 0 aliphatic carbocycles. The van der Waals surface area contributed by atoms with Crippen LogP contribution in [-0.4, -0.2) is 17.9 Å². The van der Waals surface area contributed by atoms with E-state index >= 15 is 0 Å².